The van der Waals surface area contributed by atoms with Crippen molar-refractivity contribution >= 4 is 28.8 Å². The molecular weight excluding hydrogens is 496 g/mol. The zero-order valence-corrected chi connectivity index (χ0v) is 17.7. The quantitative estimate of drug-likeness (QED) is 0.527. The lowest BCUT2D eigenvalue weighted by Gasteiger charge is -2.22. The molecule has 2 aliphatic heterocycles. The molecule has 2 aromatic carbocycles. The van der Waals surface area contributed by atoms with Gasteiger partial charge in [-0.1, -0.05) is 18.2 Å². The molecule has 0 bridgehead atoms. The molecular formula is C21H20F3IN2O2. The Bertz CT molecular complexity index is 900. The van der Waals surface area contributed by atoms with Gasteiger partial charge in [-0.05, 0) is 41.8 Å². The number of ether oxygens (including phenoxy) is 1. The van der Waals surface area contributed by atoms with Gasteiger partial charge in [0, 0.05) is 19.0 Å². The largest absolute Gasteiger partial charge is 0.491 e. The molecule has 4 nitrogen and oxygen atoms in total. The number of aliphatic imine (C=N–C) groups is 1. The normalized spacial score (nSPS) is 19.4. The average molecular weight is 516 g/mol. The van der Waals surface area contributed by atoms with Crippen molar-refractivity contribution < 1.29 is 21.0 Å². The van der Waals surface area contributed by atoms with Gasteiger partial charge in [0.15, 0.2) is 0 Å². The summed E-state index contributed by atoms with van der Waals surface area (Å²) < 4.78 is 49.7. The standard InChI is InChI=1S/C21H20F3IN2O2/c22-21(23,24)17-4-1-15(2-5-17)16-3-6-19-18(11-16)20(26-8-10-28-19)27-9-7-14(12-27)13-29-25/h1-6,11,14H,7-10,12-13H2/t14-/m0/s1. The van der Waals surface area contributed by atoms with Crippen LogP contribution >= 0.6 is 23.0 Å². The van der Waals surface area contributed by atoms with Crippen LogP contribution in [-0.4, -0.2) is 43.6 Å². The molecule has 0 N–H and O–H groups in total. The summed E-state index contributed by atoms with van der Waals surface area (Å²) in [6, 6.07) is 10.9. The number of halogens is 4. The topological polar surface area (TPSA) is 34.1 Å². The van der Waals surface area contributed by atoms with Crippen molar-refractivity contribution in [1.29, 1.82) is 0 Å². The minimum atomic E-state index is -4.34. The average Bonchev–Trinajstić information content (AvgIpc) is 3.06. The summed E-state index contributed by atoms with van der Waals surface area (Å²) in [7, 11) is 0. The van der Waals surface area contributed by atoms with Crippen LogP contribution in [0.3, 0.4) is 0 Å². The molecule has 2 heterocycles. The highest BCUT2D eigenvalue weighted by atomic mass is 127. The molecule has 8 heteroatoms. The predicted molar refractivity (Wildman–Crippen MR) is 113 cm³/mol. The van der Waals surface area contributed by atoms with E-state index < -0.39 is 11.7 Å². The Morgan fingerprint density at radius 3 is 2.62 bits per heavy atom. The third kappa shape index (κ3) is 4.53. The van der Waals surface area contributed by atoms with Gasteiger partial charge in [-0.15, -0.1) is 0 Å². The monoisotopic (exact) mass is 516 g/mol. The molecule has 154 valence electrons. The van der Waals surface area contributed by atoms with Crippen molar-refractivity contribution in [2.45, 2.75) is 12.6 Å². The van der Waals surface area contributed by atoms with Crippen molar-refractivity contribution in [3.05, 3.63) is 53.6 Å². The van der Waals surface area contributed by atoms with Gasteiger partial charge in [-0.2, -0.15) is 13.2 Å². The molecule has 0 aromatic heterocycles. The van der Waals surface area contributed by atoms with Crippen LogP contribution in [0.15, 0.2) is 47.5 Å². The number of likely N-dealkylation sites (tertiary alicyclic amines) is 1. The zero-order valence-electron chi connectivity index (χ0n) is 15.6. The summed E-state index contributed by atoms with van der Waals surface area (Å²) in [5.41, 5.74) is 1.79. The highest BCUT2D eigenvalue weighted by Crippen LogP contribution is 2.34. The van der Waals surface area contributed by atoms with Crippen molar-refractivity contribution in [3.63, 3.8) is 0 Å². The second kappa shape index (κ2) is 8.51. The molecule has 4 rings (SSSR count). The maximum atomic E-state index is 12.9. The molecule has 1 saturated heterocycles. The Morgan fingerprint density at radius 2 is 1.90 bits per heavy atom. The first-order valence-corrected chi connectivity index (χ1v) is 10.3. The second-order valence-electron chi connectivity index (χ2n) is 7.22. The maximum absolute atomic E-state index is 12.9. The number of alkyl halides is 3. The van der Waals surface area contributed by atoms with Crippen LogP contribution in [0.4, 0.5) is 13.2 Å². The smallest absolute Gasteiger partial charge is 0.416 e. The number of nitrogens with zero attached hydrogens (tertiary/aromatic N) is 2. The fourth-order valence-electron chi connectivity index (χ4n) is 3.77. The Hall–Kier alpha value is -1.81. The number of amidine groups is 1. The lowest BCUT2D eigenvalue weighted by molar-refractivity contribution is -0.137. The summed E-state index contributed by atoms with van der Waals surface area (Å²) in [5, 5.41) is 0. The second-order valence-corrected chi connectivity index (χ2v) is 7.84. The third-order valence-corrected chi connectivity index (χ3v) is 5.62. The van der Waals surface area contributed by atoms with Crippen LogP contribution < -0.4 is 4.74 Å². The van der Waals surface area contributed by atoms with Gasteiger partial charge in [0.1, 0.15) is 41.2 Å². The van der Waals surface area contributed by atoms with Gasteiger partial charge < -0.3 is 12.7 Å². The Labute approximate surface area is 181 Å². The highest BCUT2D eigenvalue weighted by Gasteiger charge is 2.30. The van der Waals surface area contributed by atoms with Crippen LogP contribution in [0.5, 0.6) is 5.75 Å². The van der Waals surface area contributed by atoms with Crippen LogP contribution in [0.25, 0.3) is 11.1 Å². The summed E-state index contributed by atoms with van der Waals surface area (Å²) in [4.78, 5) is 7.00. The van der Waals surface area contributed by atoms with Crippen LogP contribution in [0.1, 0.15) is 17.5 Å². The molecule has 29 heavy (non-hydrogen) atoms. The molecule has 0 aliphatic carbocycles. The van der Waals surface area contributed by atoms with Crippen molar-refractivity contribution in [2.24, 2.45) is 10.9 Å². The molecule has 0 unspecified atom stereocenters. The first-order valence-electron chi connectivity index (χ1n) is 9.43. The lowest BCUT2D eigenvalue weighted by atomic mass is 10.00. The maximum Gasteiger partial charge on any atom is 0.416 e. The van der Waals surface area contributed by atoms with Crippen molar-refractivity contribution in [1.82, 2.24) is 4.90 Å². The minimum absolute atomic E-state index is 0.459. The number of hydrogen-bond acceptors (Lipinski definition) is 4. The number of fused-ring (bicyclic) bond motifs is 1. The van der Waals surface area contributed by atoms with Gasteiger partial charge >= 0.3 is 6.18 Å². The van der Waals surface area contributed by atoms with E-state index in [1.807, 2.05) is 41.2 Å². The number of hydrogen-bond donors (Lipinski definition) is 0. The SMILES string of the molecule is FC(F)(F)c1ccc(-c2ccc3c(c2)C(N2CC[C@H](COI)C2)=NCCO3)cc1. The molecule has 0 radical (unpaired) electrons. The first-order chi connectivity index (χ1) is 14.0. The van der Waals surface area contributed by atoms with Gasteiger partial charge in [0.2, 0.25) is 0 Å². The zero-order chi connectivity index (χ0) is 20.4. The van der Waals surface area contributed by atoms with Crippen molar-refractivity contribution in [2.75, 3.05) is 32.8 Å². The summed E-state index contributed by atoms with van der Waals surface area (Å²) in [6.07, 6.45) is -3.30. The van der Waals surface area contributed by atoms with E-state index in [0.29, 0.717) is 25.7 Å². The van der Waals surface area contributed by atoms with E-state index in [4.69, 9.17) is 12.8 Å². The fourth-order valence-corrected chi connectivity index (χ4v) is 4.28. The van der Waals surface area contributed by atoms with E-state index in [-0.39, 0.29) is 0 Å². The van der Waals surface area contributed by atoms with Gasteiger partial charge in [-0.3, -0.25) is 4.99 Å². The first kappa shape index (κ1) is 20.5. The molecule has 2 aliphatic rings. The van der Waals surface area contributed by atoms with E-state index >= 15 is 0 Å². The van der Waals surface area contributed by atoms with Gasteiger partial charge in [-0.25, -0.2) is 0 Å². The highest BCUT2D eigenvalue weighted by molar-refractivity contribution is 14.1. The molecule has 0 saturated carbocycles. The van der Waals surface area contributed by atoms with Crippen molar-refractivity contribution in [3.8, 4) is 16.9 Å². The Balaban J connectivity index is 1.65. The third-order valence-electron chi connectivity index (χ3n) is 5.26. The van der Waals surface area contributed by atoms with E-state index in [1.165, 1.54) is 12.1 Å². The van der Waals surface area contributed by atoms with E-state index in [9.17, 15) is 13.2 Å². The number of benzene rings is 2. The molecule has 1 atom stereocenters. The lowest BCUT2D eigenvalue weighted by Crippen LogP contribution is -2.30. The van der Waals surface area contributed by atoms with Gasteiger partial charge in [0.05, 0.1) is 24.3 Å². The molecule has 2 aromatic rings. The van der Waals surface area contributed by atoms with E-state index in [0.717, 1.165) is 59.9 Å². The predicted octanol–water partition coefficient (Wildman–Crippen LogP) is 5.20. The fraction of sp³-hybridized carbons (Fsp3) is 0.381. The molecule has 0 spiro atoms. The molecule has 1 fully saturated rings. The van der Waals surface area contributed by atoms with Crippen LogP contribution in [0.2, 0.25) is 0 Å². The Kier molecular flexibility index (Phi) is 6.00. The Morgan fingerprint density at radius 1 is 1.14 bits per heavy atom. The van der Waals surface area contributed by atoms with E-state index in [2.05, 4.69) is 4.90 Å². The summed E-state index contributed by atoms with van der Waals surface area (Å²) >= 11 is 1.92. The minimum Gasteiger partial charge on any atom is -0.491 e. The summed E-state index contributed by atoms with van der Waals surface area (Å²) in [6.45, 7) is 3.55. The van der Waals surface area contributed by atoms with Crippen LogP contribution in [0, 0.1) is 5.92 Å². The van der Waals surface area contributed by atoms with E-state index in [1.54, 1.807) is 0 Å². The van der Waals surface area contributed by atoms with Crippen LogP contribution in [-0.2, 0) is 9.24 Å². The summed E-state index contributed by atoms with van der Waals surface area (Å²) in [5.74, 6) is 2.10. The van der Waals surface area contributed by atoms with Gasteiger partial charge in [0.25, 0.3) is 0 Å². The number of rotatable bonds is 3. The molecule has 0 amide bonds.